The number of rotatable bonds is 7. The van der Waals surface area contributed by atoms with Gasteiger partial charge in [-0.3, -0.25) is 0 Å². The molecule has 0 unspecified atom stereocenters. The lowest BCUT2D eigenvalue weighted by atomic mass is 10.2. The molecule has 0 atom stereocenters. The van der Waals surface area contributed by atoms with Gasteiger partial charge < -0.3 is 8.61 Å². The van der Waals surface area contributed by atoms with Crippen LogP contribution in [0.1, 0.15) is 32.6 Å². The minimum absolute atomic E-state index is 0.778. The molecular weight excluding hydrogens is 402 g/mol. The van der Waals surface area contributed by atoms with E-state index >= 15 is 0 Å². The van der Waals surface area contributed by atoms with Crippen LogP contribution in [0.2, 0.25) is 0 Å². The second-order valence-electron chi connectivity index (χ2n) is 5.99. The molecule has 0 aliphatic heterocycles. The van der Waals surface area contributed by atoms with Gasteiger partial charge in [0.1, 0.15) is 0 Å². The fraction of sp³-hybridized carbons (Fsp3) is 1.00. The van der Waals surface area contributed by atoms with Crippen LogP contribution in [0.5, 0.6) is 0 Å². The molecule has 0 saturated carbocycles. The first-order chi connectivity index (χ1) is 10.8. The molecule has 0 aliphatic carbocycles. The quantitative estimate of drug-likeness (QED) is 0.357. The zero-order valence-corrected chi connectivity index (χ0v) is 15.8. The molecule has 6 nitrogen and oxygen atoms in total. The largest absolute Gasteiger partial charge is 0.480 e. The van der Waals surface area contributed by atoms with Crippen molar-refractivity contribution in [1.82, 2.24) is 0 Å². The van der Waals surface area contributed by atoms with E-state index in [1.807, 2.05) is 0 Å². The molecule has 0 spiro atoms. The van der Waals surface area contributed by atoms with Crippen LogP contribution in [-0.2, 0) is 20.0 Å². The number of hydrogen-bond acceptors (Lipinski definition) is 4. The third-order valence-corrected chi connectivity index (χ3v) is 5.20. The number of quaternary nitrogens is 1. The van der Waals surface area contributed by atoms with Gasteiger partial charge in [-0.25, -0.2) is 16.8 Å². The summed E-state index contributed by atoms with van der Waals surface area (Å²) in [4.78, 5) is 0. The zero-order valence-electron chi connectivity index (χ0n) is 14.1. The first-order valence-corrected chi connectivity index (χ1v) is 9.82. The fourth-order valence-electron chi connectivity index (χ4n) is 1.23. The van der Waals surface area contributed by atoms with Crippen molar-refractivity contribution in [2.24, 2.45) is 0 Å². The normalized spacial score (nSPS) is 14.0. The van der Waals surface area contributed by atoms with E-state index in [2.05, 4.69) is 28.1 Å². The average molecular weight is 424 g/mol. The SMILES string of the molecule is CCCCCC[N+](C)(C)C.O=S(=O)([N-]S(=O)(=O)C(F)(F)F)C(F)(F)F. The molecule has 0 amide bonds. The number of nitrogens with zero attached hydrogens (tertiary/aromatic N) is 2. The van der Waals surface area contributed by atoms with Gasteiger partial charge in [0, 0.05) is 0 Å². The van der Waals surface area contributed by atoms with Crippen LogP contribution >= 0.6 is 0 Å². The summed E-state index contributed by atoms with van der Waals surface area (Å²) >= 11 is 0. The third-order valence-electron chi connectivity index (χ3n) is 2.46. The summed E-state index contributed by atoms with van der Waals surface area (Å²) in [5.41, 5.74) is -12.4. The molecule has 0 aromatic carbocycles. The molecule has 0 heterocycles. The highest BCUT2D eigenvalue weighted by atomic mass is 32.3. The molecule has 0 aromatic rings. The summed E-state index contributed by atoms with van der Waals surface area (Å²) in [5, 5.41) is 0. The molecule has 0 fully saturated rings. The summed E-state index contributed by atoms with van der Waals surface area (Å²) < 4.78 is 110. The molecule has 0 saturated heterocycles. The van der Waals surface area contributed by atoms with Crippen LogP contribution < -0.4 is 0 Å². The zero-order chi connectivity index (χ0) is 20.7. The molecule has 0 rings (SSSR count). The Balaban J connectivity index is 0. The lowest BCUT2D eigenvalue weighted by molar-refractivity contribution is -0.870. The van der Waals surface area contributed by atoms with E-state index in [-0.39, 0.29) is 0 Å². The Labute approximate surface area is 143 Å². The maximum absolute atomic E-state index is 11.4. The number of halogens is 6. The lowest BCUT2D eigenvalue weighted by Crippen LogP contribution is -2.35. The average Bonchev–Trinajstić information content (AvgIpc) is 2.30. The molecule has 14 heteroatoms. The first kappa shape index (κ1) is 26.6. The van der Waals surface area contributed by atoms with E-state index in [1.54, 1.807) is 0 Å². The Morgan fingerprint density at radius 3 is 1.36 bits per heavy atom. The van der Waals surface area contributed by atoms with Crippen molar-refractivity contribution < 1.29 is 47.7 Å². The van der Waals surface area contributed by atoms with E-state index < -0.39 is 31.1 Å². The Kier molecular flexibility index (Phi) is 9.98. The summed E-state index contributed by atoms with van der Waals surface area (Å²) in [5.74, 6) is 0. The van der Waals surface area contributed by atoms with Crippen LogP contribution in [0.25, 0.3) is 4.13 Å². The fourth-order valence-corrected chi connectivity index (χ4v) is 2.94. The van der Waals surface area contributed by atoms with E-state index in [0.717, 1.165) is 8.61 Å². The molecule has 154 valence electrons. The van der Waals surface area contributed by atoms with Gasteiger partial charge in [-0.15, -0.1) is 0 Å². The highest BCUT2D eigenvalue weighted by Crippen LogP contribution is 2.36. The summed E-state index contributed by atoms with van der Waals surface area (Å²) in [6.07, 6.45) is 5.54. The monoisotopic (exact) mass is 424 g/mol. The van der Waals surface area contributed by atoms with E-state index in [4.69, 9.17) is 0 Å². The molecular formula is C11H22F6N2O4S2. The highest BCUT2D eigenvalue weighted by molar-refractivity contribution is 8.13. The van der Waals surface area contributed by atoms with Gasteiger partial charge >= 0.3 is 11.0 Å². The number of sulfonamides is 2. The minimum atomic E-state index is -6.72. The van der Waals surface area contributed by atoms with Crippen molar-refractivity contribution >= 4 is 20.0 Å². The summed E-state index contributed by atoms with van der Waals surface area (Å²) in [6, 6.07) is 0. The molecule has 0 aromatic heterocycles. The minimum Gasteiger partial charge on any atom is -0.421 e. The van der Waals surface area contributed by atoms with Crippen molar-refractivity contribution in [1.29, 1.82) is 0 Å². The molecule has 25 heavy (non-hydrogen) atoms. The van der Waals surface area contributed by atoms with Gasteiger partial charge in [0.2, 0.25) is 0 Å². The topological polar surface area (TPSA) is 82.4 Å². The Morgan fingerprint density at radius 2 is 1.12 bits per heavy atom. The predicted molar refractivity (Wildman–Crippen MR) is 80.4 cm³/mol. The second kappa shape index (κ2) is 9.37. The van der Waals surface area contributed by atoms with Crippen LogP contribution in [0, 0.1) is 0 Å². The van der Waals surface area contributed by atoms with Crippen molar-refractivity contribution in [3.05, 3.63) is 4.13 Å². The standard InChI is InChI=1S/C9H22N.C2F6NO4S2/c1-5-6-7-8-9-10(2,3)4;3-1(4,5)14(10,11)9-15(12,13)2(6,7)8/h5-9H2,1-4H3;/q+1;-1. The molecule has 0 bridgehead atoms. The maximum atomic E-state index is 11.4. The molecule has 0 radical (unpaired) electrons. The van der Waals surface area contributed by atoms with Crippen LogP contribution in [0.4, 0.5) is 26.3 Å². The van der Waals surface area contributed by atoms with Crippen molar-refractivity contribution in [2.45, 2.75) is 43.6 Å². The van der Waals surface area contributed by atoms with Gasteiger partial charge in [0.15, 0.2) is 20.0 Å². The van der Waals surface area contributed by atoms with E-state index in [9.17, 15) is 43.2 Å². The predicted octanol–water partition coefficient (Wildman–Crippen LogP) is 3.33. The van der Waals surface area contributed by atoms with Crippen molar-refractivity contribution in [3.8, 4) is 0 Å². The highest BCUT2D eigenvalue weighted by Gasteiger charge is 2.46. The van der Waals surface area contributed by atoms with E-state index in [0.29, 0.717) is 0 Å². The Hall–Kier alpha value is -0.600. The van der Waals surface area contributed by atoms with Crippen molar-refractivity contribution in [3.63, 3.8) is 0 Å². The van der Waals surface area contributed by atoms with Gasteiger partial charge in [-0.2, -0.15) is 26.3 Å². The second-order valence-corrected chi connectivity index (χ2v) is 9.41. The Morgan fingerprint density at radius 1 is 0.760 bits per heavy atom. The Bertz CT molecular complexity index is 550. The summed E-state index contributed by atoms with van der Waals surface area (Å²) in [6.45, 7) is 3.58. The molecule has 0 aliphatic rings. The van der Waals surface area contributed by atoms with Gasteiger partial charge in [-0.05, 0) is 12.8 Å². The van der Waals surface area contributed by atoms with Crippen LogP contribution in [0.3, 0.4) is 0 Å². The van der Waals surface area contributed by atoms with Crippen molar-refractivity contribution in [2.75, 3.05) is 27.7 Å². The van der Waals surface area contributed by atoms with Gasteiger partial charge in [0.25, 0.3) is 0 Å². The number of alkyl halides is 6. The lowest BCUT2D eigenvalue weighted by Gasteiger charge is -2.23. The first-order valence-electron chi connectivity index (χ1n) is 6.94. The smallest absolute Gasteiger partial charge is 0.421 e. The summed E-state index contributed by atoms with van der Waals surface area (Å²) in [7, 11) is -6.68. The van der Waals surface area contributed by atoms with Crippen LogP contribution in [-0.4, -0.2) is 60.0 Å². The molecule has 0 N–H and O–H groups in total. The third kappa shape index (κ3) is 11.6. The van der Waals surface area contributed by atoms with E-state index in [1.165, 1.54) is 32.2 Å². The number of unbranched alkanes of at least 4 members (excludes halogenated alkanes) is 3. The maximum Gasteiger partial charge on any atom is 0.480 e. The van der Waals surface area contributed by atoms with Gasteiger partial charge in [-0.1, -0.05) is 19.8 Å². The number of hydrogen-bond donors (Lipinski definition) is 0. The van der Waals surface area contributed by atoms with Crippen LogP contribution in [0.15, 0.2) is 0 Å². The van der Waals surface area contributed by atoms with Gasteiger partial charge in [0.05, 0.1) is 27.7 Å².